The molecule has 4 nitrogen and oxygen atoms in total. The normalized spacial score (nSPS) is 12.3. The first kappa shape index (κ1) is 16.0. The SMILES string of the molecule is COc1ccc(C(C)NC(=O)COC(C)C)cc1Br. The molecule has 1 unspecified atom stereocenters. The van der Waals surface area contributed by atoms with E-state index < -0.39 is 0 Å². The third-order valence-corrected chi connectivity index (χ3v) is 3.22. The molecule has 0 spiro atoms. The summed E-state index contributed by atoms with van der Waals surface area (Å²) in [4.78, 5) is 11.7. The van der Waals surface area contributed by atoms with Crippen LogP contribution in [0.3, 0.4) is 0 Å². The van der Waals surface area contributed by atoms with Crippen molar-refractivity contribution in [2.24, 2.45) is 0 Å². The van der Waals surface area contributed by atoms with E-state index in [1.165, 1.54) is 0 Å². The molecule has 0 heterocycles. The molecule has 1 aromatic carbocycles. The van der Waals surface area contributed by atoms with E-state index in [0.29, 0.717) is 0 Å². The predicted octanol–water partition coefficient (Wildman–Crippen LogP) is 3.06. The van der Waals surface area contributed by atoms with Crippen LogP contribution in [-0.4, -0.2) is 25.7 Å². The average Bonchev–Trinajstić information content (AvgIpc) is 2.36. The van der Waals surface area contributed by atoms with Gasteiger partial charge < -0.3 is 14.8 Å². The van der Waals surface area contributed by atoms with E-state index in [4.69, 9.17) is 9.47 Å². The molecule has 106 valence electrons. The zero-order chi connectivity index (χ0) is 14.4. The van der Waals surface area contributed by atoms with Crippen LogP contribution in [0.1, 0.15) is 32.4 Å². The Morgan fingerprint density at radius 3 is 2.58 bits per heavy atom. The number of nitrogens with one attached hydrogen (secondary N) is 1. The highest BCUT2D eigenvalue weighted by atomic mass is 79.9. The molecule has 1 rings (SSSR count). The second kappa shape index (κ2) is 7.50. The Labute approximate surface area is 122 Å². The third-order valence-electron chi connectivity index (χ3n) is 2.60. The van der Waals surface area contributed by atoms with Gasteiger partial charge in [0, 0.05) is 0 Å². The molecule has 0 aliphatic carbocycles. The quantitative estimate of drug-likeness (QED) is 0.872. The van der Waals surface area contributed by atoms with Crippen molar-refractivity contribution in [2.75, 3.05) is 13.7 Å². The number of amides is 1. The van der Waals surface area contributed by atoms with Gasteiger partial charge >= 0.3 is 0 Å². The average molecular weight is 330 g/mol. The molecule has 0 aromatic heterocycles. The summed E-state index contributed by atoms with van der Waals surface area (Å²) in [6, 6.07) is 5.66. The molecule has 0 radical (unpaired) electrons. The molecule has 0 fully saturated rings. The van der Waals surface area contributed by atoms with Gasteiger partial charge in [-0.2, -0.15) is 0 Å². The molecular formula is C14H20BrNO3. The molecule has 1 aromatic rings. The fourth-order valence-electron chi connectivity index (χ4n) is 1.56. The lowest BCUT2D eigenvalue weighted by Crippen LogP contribution is -2.31. The molecule has 0 bridgehead atoms. The van der Waals surface area contributed by atoms with E-state index in [0.717, 1.165) is 15.8 Å². The summed E-state index contributed by atoms with van der Waals surface area (Å²) in [7, 11) is 1.62. The van der Waals surface area contributed by atoms with Gasteiger partial charge in [0.25, 0.3) is 0 Å². The maximum absolute atomic E-state index is 11.7. The van der Waals surface area contributed by atoms with E-state index in [1.54, 1.807) is 7.11 Å². The molecular weight excluding hydrogens is 310 g/mol. The summed E-state index contributed by atoms with van der Waals surface area (Å²) in [5.41, 5.74) is 1.01. The number of carbonyl (C=O) groups is 1. The minimum atomic E-state index is -0.117. The summed E-state index contributed by atoms with van der Waals surface area (Å²) in [6.45, 7) is 5.81. The summed E-state index contributed by atoms with van der Waals surface area (Å²) >= 11 is 3.43. The molecule has 0 saturated carbocycles. The van der Waals surface area contributed by atoms with Gasteiger partial charge in [-0.05, 0) is 54.4 Å². The number of rotatable bonds is 6. The van der Waals surface area contributed by atoms with Crippen LogP contribution < -0.4 is 10.1 Å². The Morgan fingerprint density at radius 2 is 2.05 bits per heavy atom. The van der Waals surface area contributed by atoms with E-state index in [1.807, 2.05) is 39.0 Å². The summed E-state index contributed by atoms with van der Waals surface area (Å²) in [5, 5.41) is 2.89. The molecule has 0 saturated heterocycles. The molecule has 5 heteroatoms. The fourth-order valence-corrected chi connectivity index (χ4v) is 2.12. The van der Waals surface area contributed by atoms with Gasteiger partial charge in [0.2, 0.25) is 5.91 Å². The minimum absolute atomic E-state index is 0.0520. The topological polar surface area (TPSA) is 47.6 Å². The monoisotopic (exact) mass is 329 g/mol. The maximum Gasteiger partial charge on any atom is 0.246 e. The van der Waals surface area contributed by atoms with Crippen LogP contribution in [0.25, 0.3) is 0 Å². The van der Waals surface area contributed by atoms with Crippen molar-refractivity contribution in [1.29, 1.82) is 0 Å². The zero-order valence-electron chi connectivity index (χ0n) is 11.7. The highest BCUT2D eigenvalue weighted by Crippen LogP contribution is 2.27. The first-order chi connectivity index (χ1) is 8.93. The Kier molecular flexibility index (Phi) is 6.31. The van der Waals surface area contributed by atoms with Gasteiger partial charge in [-0.15, -0.1) is 0 Å². The van der Waals surface area contributed by atoms with Crippen molar-refractivity contribution in [3.05, 3.63) is 28.2 Å². The Hall–Kier alpha value is -1.07. The van der Waals surface area contributed by atoms with E-state index >= 15 is 0 Å². The Bertz CT molecular complexity index is 435. The smallest absolute Gasteiger partial charge is 0.246 e. The van der Waals surface area contributed by atoms with Crippen LogP contribution in [0, 0.1) is 0 Å². The molecule has 0 aliphatic rings. The predicted molar refractivity (Wildman–Crippen MR) is 78.3 cm³/mol. The summed E-state index contributed by atoms with van der Waals surface area (Å²) < 4.78 is 11.3. The van der Waals surface area contributed by atoms with Crippen molar-refractivity contribution in [1.82, 2.24) is 5.32 Å². The lowest BCUT2D eigenvalue weighted by Gasteiger charge is -2.16. The Morgan fingerprint density at radius 1 is 1.37 bits per heavy atom. The van der Waals surface area contributed by atoms with E-state index in [9.17, 15) is 4.79 Å². The standard InChI is InChI=1S/C14H20BrNO3/c1-9(2)19-8-14(17)16-10(3)11-5-6-13(18-4)12(15)7-11/h5-7,9-10H,8H2,1-4H3,(H,16,17). The second-order valence-corrected chi connectivity index (χ2v) is 5.40. The third kappa shape index (κ3) is 5.20. The van der Waals surface area contributed by atoms with E-state index in [2.05, 4.69) is 21.2 Å². The van der Waals surface area contributed by atoms with Crippen molar-refractivity contribution < 1.29 is 14.3 Å². The number of ether oxygens (including phenoxy) is 2. The van der Waals surface area contributed by atoms with Gasteiger partial charge in [-0.1, -0.05) is 6.07 Å². The van der Waals surface area contributed by atoms with Crippen molar-refractivity contribution in [2.45, 2.75) is 32.9 Å². The molecule has 19 heavy (non-hydrogen) atoms. The summed E-state index contributed by atoms with van der Waals surface area (Å²) in [6.07, 6.45) is 0.0520. The van der Waals surface area contributed by atoms with Crippen LogP contribution in [0.2, 0.25) is 0 Å². The van der Waals surface area contributed by atoms with Gasteiger partial charge in [0.1, 0.15) is 12.4 Å². The first-order valence-corrected chi connectivity index (χ1v) is 6.97. The number of hydrogen-bond acceptors (Lipinski definition) is 3. The maximum atomic E-state index is 11.7. The highest BCUT2D eigenvalue weighted by molar-refractivity contribution is 9.10. The van der Waals surface area contributed by atoms with Crippen LogP contribution in [-0.2, 0) is 9.53 Å². The minimum Gasteiger partial charge on any atom is -0.496 e. The number of carbonyl (C=O) groups excluding carboxylic acids is 1. The van der Waals surface area contributed by atoms with Crippen molar-refractivity contribution in [3.63, 3.8) is 0 Å². The van der Waals surface area contributed by atoms with Crippen molar-refractivity contribution >= 4 is 21.8 Å². The lowest BCUT2D eigenvalue weighted by atomic mass is 10.1. The zero-order valence-corrected chi connectivity index (χ0v) is 13.3. The van der Waals surface area contributed by atoms with E-state index in [-0.39, 0.29) is 24.7 Å². The summed E-state index contributed by atoms with van der Waals surface area (Å²) in [5.74, 6) is 0.651. The van der Waals surface area contributed by atoms with Gasteiger partial charge in [-0.3, -0.25) is 4.79 Å². The van der Waals surface area contributed by atoms with Crippen LogP contribution in [0.4, 0.5) is 0 Å². The molecule has 1 atom stereocenters. The molecule has 1 N–H and O–H groups in total. The van der Waals surface area contributed by atoms with Crippen molar-refractivity contribution in [3.8, 4) is 5.75 Å². The number of halogens is 1. The van der Waals surface area contributed by atoms with Crippen LogP contribution in [0.5, 0.6) is 5.75 Å². The number of benzene rings is 1. The largest absolute Gasteiger partial charge is 0.496 e. The highest BCUT2D eigenvalue weighted by Gasteiger charge is 2.12. The first-order valence-electron chi connectivity index (χ1n) is 6.18. The van der Waals surface area contributed by atoms with Gasteiger partial charge in [-0.25, -0.2) is 0 Å². The fraction of sp³-hybridized carbons (Fsp3) is 0.500. The van der Waals surface area contributed by atoms with Crippen LogP contribution in [0.15, 0.2) is 22.7 Å². The number of methoxy groups -OCH3 is 1. The molecule has 1 amide bonds. The second-order valence-electron chi connectivity index (χ2n) is 4.54. The van der Waals surface area contributed by atoms with Gasteiger partial charge in [0.05, 0.1) is 23.7 Å². The van der Waals surface area contributed by atoms with Crippen LogP contribution >= 0.6 is 15.9 Å². The lowest BCUT2D eigenvalue weighted by molar-refractivity contribution is -0.127. The number of hydrogen-bond donors (Lipinski definition) is 1. The molecule has 0 aliphatic heterocycles. The van der Waals surface area contributed by atoms with Gasteiger partial charge in [0.15, 0.2) is 0 Å². The Balaban J connectivity index is 2.60.